The highest BCUT2D eigenvalue weighted by Crippen LogP contribution is 2.77. The van der Waals surface area contributed by atoms with Gasteiger partial charge in [-0.2, -0.15) is 5.26 Å². The van der Waals surface area contributed by atoms with Crippen molar-refractivity contribution in [3.05, 3.63) is 83.3 Å². The minimum atomic E-state index is -0.341. The Balaban J connectivity index is 0.970. The molecule has 2 aromatic carbocycles. The van der Waals surface area contributed by atoms with E-state index in [2.05, 4.69) is 81.8 Å². The lowest BCUT2D eigenvalue weighted by Gasteiger charge is -2.72. The van der Waals surface area contributed by atoms with E-state index in [4.69, 9.17) is 9.68 Å². The van der Waals surface area contributed by atoms with E-state index in [1.54, 1.807) is 12.1 Å². The average Bonchev–Trinajstić information content (AvgIpc) is 3.80. The van der Waals surface area contributed by atoms with E-state index >= 15 is 0 Å². The third kappa shape index (κ3) is 5.94. The van der Waals surface area contributed by atoms with Crippen molar-refractivity contribution in [1.29, 1.82) is 5.26 Å². The fourth-order valence-corrected chi connectivity index (χ4v) is 14.2. The summed E-state index contributed by atoms with van der Waals surface area (Å²) in [6.07, 6.45) is 12.0. The highest BCUT2D eigenvalue weighted by atomic mass is 16.4. The topological polar surface area (TPSA) is 112 Å². The SMILES string of the molecule is C=C(C)[C@@H]1CC[C@]2(C(=O)NCCc3cccc(-c4nnc(Cc5ccc(C#N)cc5)o4)c3)CC[C@]3(C)C(CCC4[C@@]5(C)CC[C@H](O)C(C)(C)C5CC[C@]43C)C12. The molecule has 1 amide bonds. The molecule has 292 valence electrons. The first-order valence-corrected chi connectivity index (χ1v) is 21.2. The second-order valence-corrected chi connectivity index (χ2v) is 19.9. The number of rotatable bonds is 8. The zero-order chi connectivity index (χ0) is 39.0. The Bertz CT molecular complexity index is 1990. The fraction of sp³-hybridized carbons (Fsp3) is 0.625. The van der Waals surface area contributed by atoms with Crippen molar-refractivity contribution < 1.29 is 14.3 Å². The maximum Gasteiger partial charge on any atom is 0.247 e. The minimum Gasteiger partial charge on any atom is -0.420 e. The van der Waals surface area contributed by atoms with Gasteiger partial charge in [0, 0.05) is 12.1 Å². The Hall–Kier alpha value is -3.76. The number of benzene rings is 2. The number of nitrogens with zero attached hydrogens (tertiary/aromatic N) is 3. The number of fused-ring (bicyclic) bond motifs is 7. The minimum absolute atomic E-state index is 0.0475. The Kier molecular flexibility index (Phi) is 9.51. The molecule has 0 saturated heterocycles. The quantitative estimate of drug-likeness (QED) is 0.222. The number of hydrogen-bond donors (Lipinski definition) is 2. The van der Waals surface area contributed by atoms with Gasteiger partial charge in [0.25, 0.3) is 0 Å². The number of carbonyl (C=O) groups excluding carboxylic acids is 1. The van der Waals surface area contributed by atoms with Crippen molar-refractivity contribution >= 4 is 5.91 Å². The maximum absolute atomic E-state index is 14.7. The zero-order valence-electron chi connectivity index (χ0n) is 34.1. The standard InChI is InChI=1S/C48H62N4O3/c1-30(2)35-17-23-48(25-24-46(6)36(41(35)48)15-16-38-45(5)21-19-39(53)44(3,4)37(45)18-22-47(38,46)7)43(54)50-26-20-31-9-8-10-34(27-31)42-52-51-40(55-42)28-32-11-13-33(29-49)14-12-32/h8-14,27,35-39,41,53H,1,15-26,28H2,2-7H3,(H,50,54)/t35-,36?,37?,38?,39-,41?,45-,46+,47+,48-/m0/s1. The van der Waals surface area contributed by atoms with Crippen molar-refractivity contribution in [3.63, 3.8) is 0 Å². The fourth-order valence-electron chi connectivity index (χ4n) is 14.2. The first-order chi connectivity index (χ1) is 26.2. The van der Waals surface area contributed by atoms with Crippen molar-refractivity contribution in [2.45, 2.75) is 125 Å². The molecule has 5 aliphatic rings. The number of aliphatic hydroxyl groups is 1. The van der Waals surface area contributed by atoms with Crippen LogP contribution in [0.25, 0.3) is 11.5 Å². The van der Waals surface area contributed by atoms with E-state index in [0.29, 0.717) is 59.9 Å². The Labute approximate surface area is 328 Å². The highest BCUT2D eigenvalue weighted by molar-refractivity contribution is 5.84. The summed E-state index contributed by atoms with van der Waals surface area (Å²) in [5.41, 5.74) is 5.13. The molecule has 8 rings (SSSR count). The summed E-state index contributed by atoms with van der Waals surface area (Å²) in [6, 6.07) is 17.8. The van der Waals surface area contributed by atoms with Gasteiger partial charge in [-0.05, 0) is 164 Å². The summed E-state index contributed by atoms with van der Waals surface area (Å²) in [6.45, 7) is 19.9. The second-order valence-electron chi connectivity index (χ2n) is 19.9. The van der Waals surface area contributed by atoms with Crippen LogP contribution < -0.4 is 5.32 Å². The van der Waals surface area contributed by atoms with Crippen LogP contribution in [0.5, 0.6) is 0 Å². The number of aromatic nitrogens is 2. The summed E-state index contributed by atoms with van der Waals surface area (Å²) < 4.78 is 6.05. The Morgan fingerprint density at radius 1 is 0.909 bits per heavy atom. The normalized spacial score (nSPS) is 37.4. The number of aliphatic hydroxyl groups excluding tert-OH is 1. The summed E-state index contributed by atoms with van der Waals surface area (Å²) in [4.78, 5) is 14.7. The molecule has 10 atom stereocenters. The lowest BCUT2D eigenvalue weighted by atomic mass is 9.32. The lowest BCUT2D eigenvalue weighted by molar-refractivity contribution is -0.246. The molecule has 1 aromatic heterocycles. The molecule has 0 bridgehead atoms. The van der Waals surface area contributed by atoms with Crippen molar-refractivity contribution in [3.8, 4) is 17.5 Å². The van der Waals surface area contributed by atoms with Gasteiger partial charge in [-0.3, -0.25) is 4.79 Å². The number of nitriles is 1. The summed E-state index contributed by atoms with van der Waals surface area (Å²) in [5.74, 6) is 3.69. The number of hydrogen-bond acceptors (Lipinski definition) is 6. The number of nitrogens with one attached hydrogen (secondary N) is 1. The van der Waals surface area contributed by atoms with Crippen molar-refractivity contribution in [2.75, 3.05) is 6.54 Å². The predicted octanol–water partition coefficient (Wildman–Crippen LogP) is 9.88. The van der Waals surface area contributed by atoms with Gasteiger partial charge in [0.15, 0.2) is 0 Å². The average molecular weight is 743 g/mol. The zero-order valence-corrected chi connectivity index (χ0v) is 34.1. The molecular formula is C48H62N4O3. The third-order valence-corrected chi connectivity index (χ3v) is 17.3. The van der Waals surface area contributed by atoms with Gasteiger partial charge in [-0.1, -0.05) is 71.0 Å². The molecule has 4 unspecified atom stereocenters. The van der Waals surface area contributed by atoms with E-state index in [1.165, 1.54) is 31.3 Å². The van der Waals surface area contributed by atoms with Gasteiger partial charge in [-0.15, -0.1) is 10.2 Å². The van der Waals surface area contributed by atoms with Crippen LogP contribution in [-0.4, -0.2) is 33.9 Å². The molecule has 3 aromatic rings. The van der Waals surface area contributed by atoms with Crippen LogP contribution in [0.15, 0.2) is 65.1 Å². The summed E-state index contributed by atoms with van der Waals surface area (Å²) in [5, 5.41) is 32.3. The van der Waals surface area contributed by atoms with Gasteiger partial charge >= 0.3 is 0 Å². The molecule has 7 nitrogen and oxygen atoms in total. The van der Waals surface area contributed by atoms with Crippen LogP contribution in [0, 0.1) is 68.0 Å². The van der Waals surface area contributed by atoms with Crippen LogP contribution in [0.3, 0.4) is 0 Å². The molecule has 1 heterocycles. The second kappa shape index (κ2) is 13.7. The molecule has 0 spiro atoms. The van der Waals surface area contributed by atoms with Gasteiger partial charge in [0.2, 0.25) is 17.7 Å². The van der Waals surface area contributed by atoms with Crippen LogP contribution in [0.1, 0.15) is 128 Å². The number of carbonyl (C=O) groups is 1. The first-order valence-electron chi connectivity index (χ1n) is 21.2. The third-order valence-electron chi connectivity index (χ3n) is 17.3. The van der Waals surface area contributed by atoms with E-state index in [0.717, 1.165) is 61.6 Å². The number of amides is 1. The van der Waals surface area contributed by atoms with Crippen LogP contribution in [-0.2, 0) is 17.6 Å². The molecule has 0 aliphatic heterocycles. The van der Waals surface area contributed by atoms with Crippen LogP contribution in [0.4, 0.5) is 0 Å². The van der Waals surface area contributed by atoms with E-state index < -0.39 is 0 Å². The van der Waals surface area contributed by atoms with Crippen molar-refractivity contribution in [1.82, 2.24) is 15.5 Å². The predicted molar refractivity (Wildman–Crippen MR) is 215 cm³/mol. The molecule has 5 saturated carbocycles. The van der Waals surface area contributed by atoms with E-state index in [-0.39, 0.29) is 39.1 Å². The monoisotopic (exact) mass is 742 g/mol. The Morgan fingerprint density at radius 2 is 1.69 bits per heavy atom. The van der Waals surface area contributed by atoms with Crippen molar-refractivity contribution in [2.24, 2.45) is 56.7 Å². The summed E-state index contributed by atoms with van der Waals surface area (Å²) in [7, 11) is 0. The summed E-state index contributed by atoms with van der Waals surface area (Å²) >= 11 is 0. The van der Waals surface area contributed by atoms with Gasteiger partial charge in [0.1, 0.15) is 0 Å². The maximum atomic E-state index is 14.7. The van der Waals surface area contributed by atoms with Gasteiger partial charge in [0.05, 0.1) is 29.6 Å². The molecule has 5 aliphatic carbocycles. The van der Waals surface area contributed by atoms with Gasteiger partial charge < -0.3 is 14.8 Å². The van der Waals surface area contributed by atoms with E-state index in [1.807, 2.05) is 24.3 Å². The smallest absolute Gasteiger partial charge is 0.247 e. The van der Waals surface area contributed by atoms with E-state index in [9.17, 15) is 9.90 Å². The van der Waals surface area contributed by atoms with Gasteiger partial charge in [-0.25, -0.2) is 0 Å². The molecular weight excluding hydrogens is 681 g/mol. The Morgan fingerprint density at radius 3 is 2.44 bits per heavy atom. The molecule has 55 heavy (non-hydrogen) atoms. The lowest BCUT2D eigenvalue weighted by Crippen LogP contribution is -2.67. The molecule has 7 heteroatoms. The first kappa shape index (κ1) is 38.1. The van der Waals surface area contributed by atoms with Crippen LogP contribution >= 0.6 is 0 Å². The number of allylic oxidation sites excluding steroid dienone is 1. The molecule has 0 radical (unpaired) electrons. The molecule has 2 N–H and O–H groups in total. The molecule has 5 fully saturated rings. The highest BCUT2D eigenvalue weighted by Gasteiger charge is 2.71. The largest absolute Gasteiger partial charge is 0.420 e. The van der Waals surface area contributed by atoms with Crippen LogP contribution in [0.2, 0.25) is 0 Å².